The van der Waals surface area contributed by atoms with Gasteiger partial charge in [0, 0.05) is 25.7 Å². The lowest BCUT2D eigenvalue weighted by Gasteiger charge is -2.21. The Balaban J connectivity index is 5.24. The van der Waals surface area contributed by atoms with Crippen molar-refractivity contribution in [3.05, 3.63) is 0 Å². The van der Waals surface area contributed by atoms with E-state index < -0.39 is 97.5 Å². The minimum atomic E-state index is -4.94. The fraction of sp³-hybridized carbons (Fsp3) is 0.938. The highest BCUT2D eigenvalue weighted by molar-refractivity contribution is 7.47. The Morgan fingerprint density at radius 2 is 0.554 bits per heavy atom. The van der Waals surface area contributed by atoms with Gasteiger partial charge in [0.25, 0.3) is 0 Å². The van der Waals surface area contributed by atoms with Crippen LogP contribution in [-0.2, 0) is 65.4 Å². The van der Waals surface area contributed by atoms with Crippen LogP contribution in [-0.4, -0.2) is 96.7 Å². The number of hydrogen-bond acceptors (Lipinski definition) is 15. The third-order valence-electron chi connectivity index (χ3n) is 14.8. The number of esters is 4. The summed E-state index contributed by atoms with van der Waals surface area (Å²) in [5.74, 6) is -1.40. The number of rotatable bonds is 64. The van der Waals surface area contributed by atoms with Crippen molar-refractivity contribution in [3.8, 4) is 0 Å². The van der Waals surface area contributed by atoms with E-state index in [4.69, 9.17) is 37.0 Å². The number of phosphoric ester groups is 2. The predicted molar refractivity (Wildman–Crippen MR) is 331 cm³/mol. The van der Waals surface area contributed by atoms with Gasteiger partial charge in [0.1, 0.15) is 19.3 Å². The van der Waals surface area contributed by atoms with E-state index >= 15 is 0 Å². The summed E-state index contributed by atoms with van der Waals surface area (Å²) in [6.45, 7) is 7.15. The number of hydrogen-bond donors (Lipinski definition) is 3. The van der Waals surface area contributed by atoms with Gasteiger partial charge in [0.2, 0.25) is 0 Å². The molecule has 0 rings (SSSR count). The van der Waals surface area contributed by atoms with Crippen molar-refractivity contribution >= 4 is 39.5 Å². The van der Waals surface area contributed by atoms with E-state index in [0.29, 0.717) is 25.7 Å². The van der Waals surface area contributed by atoms with Crippen LogP contribution in [0, 0.1) is 5.92 Å². The van der Waals surface area contributed by atoms with Gasteiger partial charge in [-0.1, -0.05) is 272 Å². The summed E-state index contributed by atoms with van der Waals surface area (Å²) in [5, 5.41) is 10.5. The highest BCUT2D eigenvalue weighted by atomic mass is 31.2. The Morgan fingerprint density at radius 3 is 0.819 bits per heavy atom. The van der Waals surface area contributed by atoms with Crippen LogP contribution in [0.5, 0.6) is 0 Å². The zero-order valence-corrected chi connectivity index (χ0v) is 55.1. The van der Waals surface area contributed by atoms with Crippen LogP contribution < -0.4 is 0 Å². The van der Waals surface area contributed by atoms with Gasteiger partial charge < -0.3 is 33.8 Å². The smallest absolute Gasteiger partial charge is 0.462 e. The van der Waals surface area contributed by atoms with Crippen molar-refractivity contribution in [3.63, 3.8) is 0 Å². The molecule has 0 amide bonds. The number of phosphoric acid groups is 2. The molecule has 83 heavy (non-hydrogen) atoms. The quantitative estimate of drug-likeness (QED) is 0.0222. The molecule has 0 bridgehead atoms. The first-order chi connectivity index (χ1) is 40.0. The van der Waals surface area contributed by atoms with Crippen molar-refractivity contribution in [2.45, 2.75) is 342 Å². The molecule has 17 nitrogen and oxygen atoms in total. The standard InChI is InChI=1S/C64H124O17P2/c1-6-9-12-15-18-21-23-28-33-38-43-48-62(67)75-54-60(81-64(69)50-45-40-35-30-25-27-31-36-41-46-57(4)5)56-79-83(72,73)77-52-58(65)51-76-82(70,71)78-55-59(53-74-61(66)47-42-37-32-26-20-17-14-11-8-3)80-63(68)49-44-39-34-29-24-22-19-16-13-10-7-2/h57-60,65H,6-56H2,1-5H3,(H,70,71)(H,72,73)/t58-,59+,60+/m0/s1. The fourth-order valence-corrected chi connectivity index (χ4v) is 11.2. The molecule has 0 saturated heterocycles. The Morgan fingerprint density at radius 1 is 0.325 bits per heavy atom. The molecule has 0 heterocycles. The summed E-state index contributed by atoms with van der Waals surface area (Å²) in [4.78, 5) is 72.2. The second kappa shape index (κ2) is 57.8. The summed E-state index contributed by atoms with van der Waals surface area (Å²) in [6.07, 6.45) is 41.6. The SMILES string of the molecule is CCCCCCCCCCCCCC(=O)OC[C@H](COP(=O)(O)OC[C@@H](O)COP(=O)(O)OC[C@@H](COC(=O)CCCCCCCCCCC)OC(=O)CCCCCCCCCCCCC)OC(=O)CCCCCCCCCCCC(C)C. The number of unbranched alkanes of at least 4 members (excludes halogenated alkanes) is 36. The molecule has 0 saturated carbocycles. The van der Waals surface area contributed by atoms with Gasteiger partial charge in [0.05, 0.1) is 26.4 Å². The van der Waals surface area contributed by atoms with E-state index in [9.17, 15) is 43.2 Å². The van der Waals surface area contributed by atoms with Gasteiger partial charge >= 0.3 is 39.5 Å². The average molecular weight is 1230 g/mol. The van der Waals surface area contributed by atoms with Crippen LogP contribution in [0.4, 0.5) is 0 Å². The molecule has 0 spiro atoms. The van der Waals surface area contributed by atoms with E-state index in [1.54, 1.807) is 0 Å². The maximum atomic E-state index is 13.0. The second-order valence-electron chi connectivity index (χ2n) is 23.6. The van der Waals surface area contributed by atoms with Gasteiger partial charge in [-0.15, -0.1) is 0 Å². The zero-order chi connectivity index (χ0) is 61.3. The van der Waals surface area contributed by atoms with Crippen LogP contribution in [0.1, 0.15) is 324 Å². The lowest BCUT2D eigenvalue weighted by Crippen LogP contribution is -2.30. The monoisotopic (exact) mass is 1230 g/mol. The molecule has 5 atom stereocenters. The minimum absolute atomic E-state index is 0.106. The molecule has 0 radical (unpaired) electrons. The average Bonchev–Trinajstić information content (AvgIpc) is 3.46. The molecular formula is C64H124O17P2. The van der Waals surface area contributed by atoms with E-state index in [0.717, 1.165) is 95.8 Å². The van der Waals surface area contributed by atoms with Gasteiger partial charge in [-0.3, -0.25) is 37.3 Å². The number of carbonyl (C=O) groups is 4. The zero-order valence-electron chi connectivity index (χ0n) is 53.3. The summed E-state index contributed by atoms with van der Waals surface area (Å²) in [5.41, 5.74) is 0. The van der Waals surface area contributed by atoms with Gasteiger partial charge in [-0.2, -0.15) is 0 Å². The third kappa shape index (κ3) is 58.8. The summed E-state index contributed by atoms with van der Waals surface area (Å²) >= 11 is 0. The Kier molecular flexibility index (Phi) is 56.4. The molecule has 0 aliphatic rings. The van der Waals surface area contributed by atoms with Gasteiger partial charge in [-0.25, -0.2) is 9.13 Å². The molecule has 2 unspecified atom stereocenters. The minimum Gasteiger partial charge on any atom is -0.462 e. The third-order valence-corrected chi connectivity index (χ3v) is 16.7. The number of carbonyl (C=O) groups excluding carboxylic acids is 4. The maximum absolute atomic E-state index is 13.0. The predicted octanol–water partition coefficient (Wildman–Crippen LogP) is 17.8. The highest BCUT2D eigenvalue weighted by Gasteiger charge is 2.30. The normalized spacial score (nSPS) is 14.2. The molecule has 0 aromatic heterocycles. The highest BCUT2D eigenvalue weighted by Crippen LogP contribution is 2.45. The van der Waals surface area contributed by atoms with Crippen LogP contribution in [0.3, 0.4) is 0 Å². The largest absolute Gasteiger partial charge is 0.472 e. The first-order valence-electron chi connectivity index (χ1n) is 33.6. The summed E-state index contributed by atoms with van der Waals surface area (Å²) in [6, 6.07) is 0. The topological polar surface area (TPSA) is 237 Å². The second-order valence-corrected chi connectivity index (χ2v) is 26.5. The Bertz CT molecular complexity index is 1620. The van der Waals surface area contributed by atoms with E-state index in [2.05, 4.69) is 34.6 Å². The molecule has 0 aromatic rings. The van der Waals surface area contributed by atoms with Crippen molar-refractivity contribution in [2.24, 2.45) is 5.92 Å². The lowest BCUT2D eigenvalue weighted by molar-refractivity contribution is -0.161. The maximum Gasteiger partial charge on any atom is 0.472 e. The van der Waals surface area contributed by atoms with Crippen LogP contribution in [0.2, 0.25) is 0 Å². The fourth-order valence-electron chi connectivity index (χ4n) is 9.58. The Labute approximate surface area is 505 Å². The molecular weight excluding hydrogens is 1100 g/mol. The number of aliphatic hydroxyl groups excluding tert-OH is 1. The molecule has 0 aliphatic heterocycles. The van der Waals surface area contributed by atoms with Crippen molar-refractivity contribution in [2.75, 3.05) is 39.6 Å². The first kappa shape index (κ1) is 81.1. The number of ether oxygens (including phenoxy) is 4. The summed E-state index contributed by atoms with van der Waals surface area (Å²) in [7, 11) is -9.88. The molecule has 492 valence electrons. The van der Waals surface area contributed by atoms with Crippen molar-refractivity contribution in [1.82, 2.24) is 0 Å². The van der Waals surface area contributed by atoms with Crippen LogP contribution >= 0.6 is 15.6 Å². The van der Waals surface area contributed by atoms with Gasteiger partial charge in [0.15, 0.2) is 12.2 Å². The van der Waals surface area contributed by atoms with Gasteiger partial charge in [-0.05, 0) is 31.6 Å². The van der Waals surface area contributed by atoms with E-state index in [1.165, 1.54) is 148 Å². The Hall–Kier alpha value is -1.94. The lowest BCUT2D eigenvalue weighted by atomic mass is 10.0. The first-order valence-corrected chi connectivity index (χ1v) is 36.6. The van der Waals surface area contributed by atoms with Crippen molar-refractivity contribution < 1.29 is 80.2 Å². The molecule has 0 aliphatic carbocycles. The molecule has 3 N–H and O–H groups in total. The molecule has 0 aromatic carbocycles. The molecule has 0 fully saturated rings. The van der Waals surface area contributed by atoms with Crippen LogP contribution in [0.25, 0.3) is 0 Å². The molecule has 19 heteroatoms. The summed E-state index contributed by atoms with van der Waals surface area (Å²) < 4.78 is 68.0. The number of aliphatic hydroxyl groups is 1. The van der Waals surface area contributed by atoms with Crippen molar-refractivity contribution in [1.29, 1.82) is 0 Å². The van der Waals surface area contributed by atoms with Crippen LogP contribution in [0.15, 0.2) is 0 Å². The van der Waals surface area contributed by atoms with E-state index in [-0.39, 0.29) is 25.7 Å². The van der Waals surface area contributed by atoms with E-state index in [1.807, 2.05) is 0 Å².